The van der Waals surface area contributed by atoms with E-state index in [1.54, 1.807) is 0 Å². The van der Waals surface area contributed by atoms with Crippen LogP contribution >= 0.6 is 0 Å². The van der Waals surface area contributed by atoms with Gasteiger partial charge < -0.3 is 5.32 Å². The molecular weight excluding hydrogens is 314 g/mol. The third-order valence-corrected chi connectivity index (χ3v) is 6.11. The van der Waals surface area contributed by atoms with Gasteiger partial charge in [0, 0.05) is 13.1 Å². The molecule has 5 nitrogen and oxygen atoms in total. The quantitative estimate of drug-likeness (QED) is 0.838. The summed E-state index contributed by atoms with van der Waals surface area (Å²) < 4.78 is 0. The highest BCUT2D eigenvalue weighted by Crippen LogP contribution is 2.42. The molecule has 2 aliphatic heterocycles. The summed E-state index contributed by atoms with van der Waals surface area (Å²) in [7, 11) is 0. The molecule has 3 aliphatic rings. The Morgan fingerprint density at radius 3 is 2.40 bits per heavy atom. The maximum Gasteiger partial charge on any atom is 0.326 e. The van der Waals surface area contributed by atoms with Crippen LogP contribution in [0.5, 0.6) is 0 Å². The highest BCUT2D eigenvalue weighted by molar-refractivity contribution is 6.07. The lowest BCUT2D eigenvalue weighted by molar-refractivity contribution is -0.133. The van der Waals surface area contributed by atoms with Crippen LogP contribution in [0.2, 0.25) is 0 Å². The van der Waals surface area contributed by atoms with Gasteiger partial charge in [-0.05, 0) is 56.4 Å². The molecule has 0 aromatic heterocycles. The van der Waals surface area contributed by atoms with Crippen LogP contribution in [-0.4, -0.2) is 47.0 Å². The monoisotopic (exact) mass is 341 g/mol. The zero-order chi connectivity index (χ0) is 17.4. The number of carbonyl (C=O) groups excluding carboxylic acids is 2. The van der Waals surface area contributed by atoms with Crippen molar-refractivity contribution in [1.82, 2.24) is 15.1 Å². The lowest BCUT2D eigenvalue weighted by atomic mass is 9.90. The van der Waals surface area contributed by atoms with E-state index in [-0.39, 0.29) is 11.9 Å². The van der Waals surface area contributed by atoms with Crippen LogP contribution in [0, 0.1) is 11.8 Å². The molecule has 0 radical (unpaired) electrons. The van der Waals surface area contributed by atoms with Gasteiger partial charge in [-0.1, -0.05) is 30.3 Å². The Labute approximate surface area is 149 Å². The number of carbonyl (C=O) groups is 2. The Bertz CT molecular complexity index is 650. The molecule has 1 aromatic carbocycles. The van der Waals surface area contributed by atoms with Gasteiger partial charge in [-0.25, -0.2) is 9.69 Å². The number of benzene rings is 1. The van der Waals surface area contributed by atoms with E-state index >= 15 is 0 Å². The normalized spacial score (nSPS) is 28.4. The SMILES string of the molecule is CC1(C2CC2)NC(=O)N(CN2CCC(Cc3ccccc3)CC2)C1=O. The third kappa shape index (κ3) is 3.30. The first kappa shape index (κ1) is 16.6. The number of hydrogen-bond donors (Lipinski definition) is 1. The fourth-order valence-corrected chi connectivity index (χ4v) is 4.26. The highest BCUT2D eigenvalue weighted by Gasteiger charge is 2.56. The van der Waals surface area contributed by atoms with Crippen molar-refractivity contribution in [3.05, 3.63) is 35.9 Å². The molecule has 1 N–H and O–H groups in total. The second kappa shape index (κ2) is 6.45. The summed E-state index contributed by atoms with van der Waals surface area (Å²) >= 11 is 0. The van der Waals surface area contributed by atoms with Crippen molar-refractivity contribution in [2.24, 2.45) is 11.8 Å². The van der Waals surface area contributed by atoms with Crippen LogP contribution in [0.1, 0.15) is 38.2 Å². The molecule has 1 aromatic rings. The van der Waals surface area contributed by atoms with E-state index in [0.717, 1.165) is 45.2 Å². The van der Waals surface area contributed by atoms with E-state index in [1.165, 1.54) is 10.5 Å². The summed E-state index contributed by atoms with van der Waals surface area (Å²) in [6, 6.07) is 10.4. The summed E-state index contributed by atoms with van der Waals surface area (Å²) in [6.45, 7) is 4.23. The van der Waals surface area contributed by atoms with Crippen LogP contribution in [-0.2, 0) is 11.2 Å². The summed E-state index contributed by atoms with van der Waals surface area (Å²) in [4.78, 5) is 28.7. The van der Waals surface area contributed by atoms with Gasteiger partial charge in [0.05, 0.1) is 6.67 Å². The average molecular weight is 341 g/mol. The largest absolute Gasteiger partial charge is 0.326 e. The molecule has 3 fully saturated rings. The molecule has 4 rings (SSSR count). The van der Waals surface area contributed by atoms with Crippen molar-refractivity contribution in [2.45, 2.75) is 44.6 Å². The Kier molecular flexibility index (Phi) is 4.28. The van der Waals surface area contributed by atoms with Gasteiger partial charge in [-0.15, -0.1) is 0 Å². The number of likely N-dealkylation sites (tertiary alicyclic amines) is 1. The van der Waals surface area contributed by atoms with Crippen LogP contribution in [0.25, 0.3) is 0 Å². The second-order valence-electron chi connectivity index (χ2n) is 8.03. The fourth-order valence-electron chi connectivity index (χ4n) is 4.26. The summed E-state index contributed by atoms with van der Waals surface area (Å²) in [6.07, 6.45) is 5.46. The van der Waals surface area contributed by atoms with Crippen LogP contribution in [0.4, 0.5) is 4.79 Å². The molecule has 1 aliphatic carbocycles. The predicted molar refractivity (Wildman–Crippen MR) is 95.8 cm³/mol. The van der Waals surface area contributed by atoms with Gasteiger partial charge in [0.25, 0.3) is 5.91 Å². The maximum absolute atomic E-state index is 12.7. The minimum absolute atomic E-state index is 0.0357. The standard InChI is InChI=1S/C20H27N3O2/c1-20(17-7-8-17)18(24)23(19(25)21-20)14-22-11-9-16(10-12-22)13-15-5-3-2-4-6-15/h2-6,16-17H,7-14H2,1H3,(H,21,25). The topological polar surface area (TPSA) is 52.7 Å². The van der Waals surface area contributed by atoms with Crippen molar-refractivity contribution in [3.63, 3.8) is 0 Å². The Morgan fingerprint density at radius 1 is 1.08 bits per heavy atom. The number of nitrogens with one attached hydrogen (secondary N) is 1. The maximum atomic E-state index is 12.7. The molecular formula is C20H27N3O2. The van der Waals surface area contributed by atoms with Gasteiger partial charge in [0.1, 0.15) is 5.54 Å². The number of piperidine rings is 1. The Hall–Kier alpha value is -1.88. The van der Waals surface area contributed by atoms with Crippen molar-refractivity contribution in [2.75, 3.05) is 19.8 Å². The summed E-state index contributed by atoms with van der Waals surface area (Å²) in [5.74, 6) is 0.982. The van der Waals surface area contributed by atoms with Crippen molar-refractivity contribution < 1.29 is 9.59 Å². The summed E-state index contributed by atoms with van der Waals surface area (Å²) in [5, 5.41) is 2.93. The zero-order valence-corrected chi connectivity index (χ0v) is 14.9. The number of imide groups is 1. The van der Waals surface area contributed by atoms with Crippen molar-refractivity contribution >= 4 is 11.9 Å². The number of amides is 3. The average Bonchev–Trinajstić information content (AvgIpc) is 3.44. The van der Waals surface area contributed by atoms with Crippen molar-refractivity contribution in [3.8, 4) is 0 Å². The Balaban J connectivity index is 1.30. The van der Waals surface area contributed by atoms with E-state index in [9.17, 15) is 9.59 Å². The zero-order valence-electron chi connectivity index (χ0n) is 14.9. The molecule has 1 saturated carbocycles. The van der Waals surface area contributed by atoms with E-state index in [1.807, 2.05) is 6.92 Å². The van der Waals surface area contributed by atoms with Gasteiger partial charge >= 0.3 is 6.03 Å². The molecule has 1 unspecified atom stereocenters. The molecule has 134 valence electrons. The first-order chi connectivity index (χ1) is 12.1. The molecule has 5 heteroatoms. The number of rotatable bonds is 5. The van der Waals surface area contributed by atoms with Crippen LogP contribution < -0.4 is 5.32 Å². The molecule has 1 atom stereocenters. The van der Waals surface area contributed by atoms with Crippen molar-refractivity contribution in [1.29, 1.82) is 0 Å². The van der Waals surface area contributed by atoms with E-state index in [2.05, 4.69) is 40.5 Å². The van der Waals surface area contributed by atoms with Gasteiger partial charge in [0.2, 0.25) is 0 Å². The predicted octanol–water partition coefficient (Wildman–Crippen LogP) is 2.62. The lowest BCUT2D eigenvalue weighted by Crippen LogP contribution is -2.48. The number of nitrogens with zero attached hydrogens (tertiary/aromatic N) is 2. The minimum atomic E-state index is -0.664. The van der Waals surface area contributed by atoms with Gasteiger partial charge in [-0.3, -0.25) is 9.69 Å². The smallest absolute Gasteiger partial charge is 0.323 e. The minimum Gasteiger partial charge on any atom is -0.323 e. The molecule has 25 heavy (non-hydrogen) atoms. The van der Waals surface area contributed by atoms with Crippen LogP contribution in [0.3, 0.4) is 0 Å². The molecule has 0 spiro atoms. The van der Waals surface area contributed by atoms with Crippen LogP contribution in [0.15, 0.2) is 30.3 Å². The molecule has 2 saturated heterocycles. The van der Waals surface area contributed by atoms with E-state index in [0.29, 0.717) is 18.5 Å². The highest BCUT2D eigenvalue weighted by atomic mass is 16.2. The molecule has 3 amide bonds. The first-order valence-electron chi connectivity index (χ1n) is 9.46. The van der Waals surface area contributed by atoms with Gasteiger partial charge in [0.15, 0.2) is 0 Å². The number of urea groups is 1. The first-order valence-corrected chi connectivity index (χ1v) is 9.46. The second-order valence-corrected chi connectivity index (χ2v) is 8.03. The van der Waals surface area contributed by atoms with Gasteiger partial charge in [-0.2, -0.15) is 0 Å². The molecule has 2 heterocycles. The molecule has 0 bridgehead atoms. The number of hydrogen-bond acceptors (Lipinski definition) is 3. The van der Waals surface area contributed by atoms with E-state index in [4.69, 9.17) is 0 Å². The Morgan fingerprint density at radius 2 is 1.76 bits per heavy atom. The summed E-state index contributed by atoms with van der Waals surface area (Å²) in [5.41, 5.74) is 0.734. The lowest BCUT2D eigenvalue weighted by Gasteiger charge is -2.34. The third-order valence-electron chi connectivity index (χ3n) is 6.11. The fraction of sp³-hybridized carbons (Fsp3) is 0.600. The van der Waals surface area contributed by atoms with E-state index < -0.39 is 5.54 Å².